The van der Waals surface area contributed by atoms with Crippen LogP contribution in [0.1, 0.15) is 19.8 Å². The van der Waals surface area contributed by atoms with E-state index >= 15 is 0 Å². The molecule has 0 aromatic heterocycles. The summed E-state index contributed by atoms with van der Waals surface area (Å²) in [5.41, 5.74) is 5.00. The molecule has 70 valence electrons. The number of carbonyl (C=O) groups excluding carboxylic acids is 1. The Balaban J connectivity index is 0.000000261. The lowest BCUT2D eigenvalue weighted by atomic mass is 10.2. The highest BCUT2D eigenvalue weighted by atomic mass is 16.4. The molecule has 1 amide bonds. The van der Waals surface area contributed by atoms with Gasteiger partial charge in [0.05, 0.1) is 6.04 Å². The fourth-order valence-electron chi connectivity index (χ4n) is 0.927. The molecule has 5 nitrogen and oxygen atoms in total. The number of amides is 1. The van der Waals surface area contributed by atoms with Gasteiger partial charge in [-0.3, -0.25) is 9.59 Å². The van der Waals surface area contributed by atoms with E-state index in [0.717, 1.165) is 26.3 Å². The Morgan fingerprint density at radius 1 is 1.58 bits per heavy atom. The van der Waals surface area contributed by atoms with Crippen molar-refractivity contribution < 1.29 is 14.7 Å². The summed E-state index contributed by atoms with van der Waals surface area (Å²) in [6.07, 6.45) is 1.99. The third-order valence-corrected chi connectivity index (χ3v) is 1.40. The first-order chi connectivity index (χ1) is 5.54. The molecule has 0 aromatic carbocycles. The molecule has 5 heteroatoms. The van der Waals surface area contributed by atoms with Gasteiger partial charge in [0.1, 0.15) is 0 Å². The van der Waals surface area contributed by atoms with E-state index in [4.69, 9.17) is 15.6 Å². The number of carboxylic acid groups (broad SMARTS) is 1. The maximum Gasteiger partial charge on any atom is 0.300 e. The van der Waals surface area contributed by atoms with Gasteiger partial charge in [0.25, 0.3) is 5.97 Å². The highest BCUT2D eigenvalue weighted by Gasteiger charge is 2.18. The van der Waals surface area contributed by atoms with Crippen molar-refractivity contribution in [2.75, 3.05) is 6.54 Å². The molecule has 0 aliphatic carbocycles. The molecule has 0 unspecified atom stereocenters. The van der Waals surface area contributed by atoms with Gasteiger partial charge in [-0.15, -0.1) is 0 Å². The van der Waals surface area contributed by atoms with E-state index in [-0.39, 0.29) is 11.9 Å². The molecular weight excluding hydrogens is 160 g/mol. The zero-order chi connectivity index (χ0) is 9.56. The van der Waals surface area contributed by atoms with Crippen molar-refractivity contribution in [2.24, 2.45) is 5.73 Å². The predicted octanol–water partition coefficient (Wildman–Crippen LogP) is -0.685. The number of hydrogen-bond acceptors (Lipinski definition) is 3. The molecule has 0 aromatic rings. The molecular formula is C7H14N2O3. The van der Waals surface area contributed by atoms with Crippen molar-refractivity contribution in [2.45, 2.75) is 25.8 Å². The topological polar surface area (TPSA) is 92.4 Å². The molecule has 0 radical (unpaired) electrons. The number of hydrogen-bond donors (Lipinski definition) is 3. The van der Waals surface area contributed by atoms with Gasteiger partial charge >= 0.3 is 0 Å². The van der Waals surface area contributed by atoms with Gasteiger partial charge in [-0.25, -0.2) is 0 Å². The van der Waals surface area contributed by atoms with Crippen molar-refractivity contribution in [3.05, 3.63) is 0 Å². The first kappa shape index (κ1) is 10.9. The van der Waals surface area contributed by atoms with Crippen LogP contribution >= 0.6 is 0 Å². The van der Waals surface area contributed by atoms with Crippen LogP contribution in [0.2, 0.25) is 0 Å². The normalized spacial score (nSPS) is 20.9. The average Bonchev–Trinajstić information content (AvgIpc) is 2.34. The zero-order valence-electron chi connectivity index (χ0n) is 7.04. The van der Waals surface area contributed by atoms with Crippen LogP contribution in [0.5, 0.6) is 0 Å². The Morgan fingerprint density at radius 3 is 2.25 bits per heavy atom. The molecule has 0 spiro atoms. The van der Waals surface area contributed by atoms with Crippen LogP contribution in [-0.4, -0.2) is 29.6 Å². The quantitative estimate of drug-likeness (QED) is 0.490. The number of aliphatic carboxylic acids is 1. The van der Waals surface area contributed by atoms with E-state index in [1.807, 2.05) is 0 Å². The second kappa shape index (κ2) is 5.54. The first-order valence-electron chi connectivity index (χ1n) is 3.76. The van der Waals surface area contributed by atoms with Gasteiger partial charge < -0.3 is 16.2 Å². The van der Waals surface area contributed by atoms with E-state index in [1.54, 1.807) is 0 Å². The summed E-state index contributed by atoms with van der Waals surface area (Å²) in [6.45, 7) is 2.02. The Kier molecular flexibility index (Phi) is 5.03. The van der Waals surface area contributed by atoms with Crippen molar-refractivity contribution in [1.29, 1.82) is 0 Å². The highest BCUT2D eigenvalue weighted by Crippen LogP contribution is 2.02. The van der Waals surface area contributed by atoms with Crippen LogP contribution in [0.25, 0.3) is 0 Å². The van der Waals surface area contributed by atoms with Crippen LogP contribution in [0.3, 0.4) is 0 Å². The summed E-state index contributed by atoms with van der Waals surface area (Å²) in [4.78, 5) is 19.4. The summed E-state index contributed by atoms with van der Waals surface area (Å²) in [7, 11) is 0. The second-order valence-electron chi connectivity index (χ2n) is 2.57. The Labute approximate surface area is 70.9 Å². The molecule has 1 saturated heterocycles. The number of nitrogens with two attached hydrogens (primary N) is 1. The van der Waals surface area contributed by atoms with Crippen molar-refractivity contribution in [3.8, 4) is 0 Å². The van der Waals surface area contributed by atoms with Gasteiger partial charge in [0, 0.05) is 6.92 Å². The maximum absolute atomic E-state index is 10.4. The van der Waals surface area contributed by atoms with E-state index in [9.17, 15) is 4.79 Å². The van der Waals surface area contributed by atoms with Crippen molar-refractivity contribution in [3.63, 3.8) is 0 Å². The standard InChI is InChI=1S/C5H10N2O.C2H4O2/c6-5(8)4-2-1-3-7-4;1-2(3)4/h4,7H,1-3H2,(H2,6,8);1H3,(H,3,4)/t4-;/m0./s1. The fourth-order valence-corrected chi connectivity index (χ4v) is 0.927. The minimum absolute atomic E-state index is 0.0463. The number of primary amides is 1. The largest absolute Gasteiger partial charge is 0.481 e. The molecule has 1 aliphatic heterocycles. The molecule has 12 heavy (non-hydrogen) atoms. The van der Waals surface area contributed by atoms with Crippen molar-refractivity contribution >= 4 is 11.9 Å². The van der Waals surface area contributed by atoms with Crippen LogP contribution < -0.4 is 11.1 Å². The number of nitrogens with one attached hydrogen (secondary N) is 1. The Hall–Kier alpha value is -1.10. The van der Waals surface area contributed by atoms with E-state index < -0.39 is 5.97 Å². The van der Waals surface area contributed by atoms with Crippen LogP contribution in [-0.2, 0) is 9.59 Å². The average molecular weight is 174 g/mol. The number of carboxylic acids is 1. The van der Waals surface area contributed by atoms with E-state index in [1.165, 1.54) is 0 Å². The van der Waals surface area contributed by atoms with Crippen LogP contribution in [0.4, 0.5) is 0 Å². The molecule has 0 bridgehead atoms. The van der Waals surface area contributed by atoms with Gasteiger partial charge in [0.2, 0.25) is 5.91 Å². The van der Waals surface area contributed by atoms with Crippen LogP contribution in [0, 0.1) is 0 Å². The third-order valence-electron chi connectivity index (χ3n) is 1.40. The fraction of sp³-hybridized carbons (Fsp3) is 0.714. The molecule has 1 rings (SSSR count). The Bertz CT molecular complexity index is 160. The van der Waals surface area contributed by atoms with Crippen molar-refractivity contribution in [1.82, 2.24) is 5.32 Å². The highest BCUT2D eigenvalue weighted by molar-refractivity contribution is 5.80. The molecule has 1 atom stereocenters. The number of carbonyl (C=O) groups is 2. The third kappa shape index (κ3) is 5.67. The second-order valence-corrected chi connectivity index (χ2v) is 2.57. The molecule has 1 fully saturated rings. The van der Waals surface area contributed by atoms with Gasteiger partial charge in [-0.2, -0.15) is 0 Å². The summed E-state index contributed by atoms with van der Waals surface area (Å²) in [6, 6.07) is -0.0463. The lowest BCUT2D eigenvalue weighted by molar-refractivity contribution is -0.134. The molecule has 1 aliphatic rings. The van der Waals surface area contributed by atoms with Crippen LogP contribution in [0.15, 0.2) is 0 Å². The van der Waals surface area contributed by atoms with E-state index in [0.29, 0.717) is 0 Å². The lowest BCUT2D eigenvalue weighted by Gasteiger charge is -2.01. The number of rotatable bonds is 1. The first-order valence-corrected chi connectivity index (χ1v) is 3.76. The van der Waals surface area contributed by atoms with Gasteiger partial charge in [-0.05, 0) is 19.4 Å². The smallest absolute Gasteiger partial charge is 0.300 e. The molecule has 1 heterocycles. The maximum atomic E-state index is 10.4. The van der Waals surface area contributed by atoms with Gasteiger partial charge in [0.15, 0.2) is 0 Å². The summed E-state index contributed by atoms with van der Waals surface area (Å²) in [5.74, 6) is -1.05. The minimum Gasteiger partial charge on any atom is -0.481 e. The lowest BCUT2D eigenvalue weighted by Crippen LogP contribution is -2.36. The predicted molar refractivity (Wildman–Crippen MR) is 43.5 cm³/mol. The monoisotopic (exact) mass is 174 g/mol. The zero-order valence-corrected chi connectivity index (χ0v) is 7.04. The SMILES string of the molecule is CC(=O)O.NC(=O)[C@@H]1CCCN1. The molecule has 0 saturated carbocycles. The Morgan fingerprint density at radius 2 is 2.08 bits per heavy atom. The minimum atomic E-state index is -0.833. The summed E-state index contributed by atoms with van der Waals surface area (Å²) in [5, 5.41) is 10.4. The summed E-state index contributed by atoms with van der Waals surface area (Å²) >= 11 is 0. The van der Waals surface area contributed by atoms with E-state index in [2.05, 4.69) is 5.32 Å². The molecule has 4 N–H and O–H groups in total. The van der Waals surface area contributed by atoms with Gasteiger partial charge in [-0.1, -0.05) is 0 Å². The summed E-state index contributed by atoms with van der Waals surface area (Å²) < 4.78 is 0.